The van der Waals surface area contributed by atoms with E-state index in [2.05, 4.69) is 10.6 Å². The van der Waals surface area contributed by atoms with Gasteiger partial charge in [-0.05, 0) is 38.8 Å². The van der Waals surface area contributed by atoms with Gasteiger partial charge in [-0.1, -0.05) is 30.5 Å². The fraction of sp³-hybridized carbons (Fsp3) is 0.526. The second-order valence-corrected chi connectivity index (χ2v) is 6.50. The average molecular weight is 346 g/mol. The van der Waals surface area contributed by atoms with Crippen molar-refractivity contribution < 1.29 is 19.1 Å². The van der Waals surface area contributed by atoms with Gasteiger partial charge in [0.25, 0.3) is 11.8 Å². The highest BCUT2D eigenvalue weighted by Crippen LogP contribution is 2.17. The molecule has 136 valence electrons. The van der Waals surface area contributed by atoms with Crippen molar-refractivity contribution in [2.75, 3.05) is 6.54 Å². The van der Waals surface area contributed by atoms with E-state index in [4.69, 9.17) is 4.74 Å². The van der Waals surface area contributed by atoms with Crippen LogP contribution in [-0.2, 0) is 14.3 Å². The molecule has 0 bridgehead atoms. The standard InChI is InChI=1S/C19H26N2O4/c1-13-6-5-7-15(12-13)19(24)20-11-10-17(22)25-14(2)18(23)21-16-8-3-4-9-16/h5-7,12,14,16H,3-4,8-11H2,1-2H3,(H,20,24)(H,21,23)/t14-/m0/s1. The van der Waals surface area contributed by atoms with Crippen LogP contribution in [0.1, 0.15) is 54.9 Å². The number of rotatable bonds is 7. The van der Waals surface area contributed by atoms with Crippen LogP contribution in [0.15, 0.2) is 24.3 Å². The summed E-state index contributed by atoms with van der Waals surface area (Å²) in [6.45, 7) is 3.64. The van der Waals surface area contributed by atoms with Gasteiger partial charge in [-0.3, -0.25) is 14.4 Å². The first-order valence-corrected chi connectivity index (χ1v) is 8.80. The summed E-state index contributed by atoms with van der Waals surface area (Å²) in [5, 5.41) is 5.58. The molecule has 0 spiro atoms. The largest absolute Gasteiger partial charge is 0.452 e. The van der Waals surface area contributed by atoms with Crippen molar-refractivity contribution in [2.45, 2.75) is 58.1 Å². The minimum absolute atomic E-state index is 0.0264. The Morgan fingerprint density at radius 3 is 2.64 bits per heavy atom. The molecule has 0 heterocycles. The van der Waals surface area contributed by atoms with E-state index in [0.717, 1.165) is 31.2 Å². The number of amides is 2. The SMILES string of the molecule is Cc1cccc(C(=O)NCCC(=O)O[C@@H](C)C(=O)NC2CCCC2)c1. The first kappa shape index (κ1) is 19.0. The molecule has 1 aliphatic rings. The molecule has 1 aromatic carbocycles. The van der Waals surface area contributed by atoms with E-state index in [1.54, 1.807) is 19.1 Å². The lowest BCUT2D eigenvalue weighted by Crippen LogP contribution is -2.41. The van der Waals surface area contributed by atoms with Crippen LogP contribution < -0.4 is 10.6 Å². The number of aryl methyl sites for hydroxylation is 1. The number of esters is 1. The number of hydrogen-bond donors (Lipinski definition) is 2. The molecule has 2 rings (SSSR count). The monoisotopic (exact) mass is 346 g/mol. The Morgan fingerprint density at radius 1 is 1.24 bits per heavy atom. The Labute approximate surface area is 148 Å². The lowest BCUT2D eigenvalue weighted by atomic mass is 10.1. The zero-order valence-electron chi connectivity index (χ0n) is 14.8. The van der Waals surface area contributed by atoms with Crippen LogP contribution >= 0.6 is 0 Å². The summed E-state index contributed by atoms with van der Waals surface area (Å²) in [5.41, 5.74) is 1.55. The highest BCUT2D eigenvalue weighted by atomic mass is 16.5. The number of nitrogens with one attached hydrogen (secondary N) is 2. The van der Waals surface area contributed by atoms with Crippen molar-refractivity contribution in [3.05, 3.63) is 35.4 Å². The van der Waals surface area contributed by atoms with E-state index in [-0.39, 0.29) is 30.8 Å². The van der Waals surface area contributed by atoms with E-state index in [1.165, 1.54) is 0 Å². The van der Waals surface area contributed by atoms with Gasteiger partial charge in [0.2, 0.25) is 0 Å². The van der Waals surface area contributed by atoms with Crippen LogP contribution in [0, 0.1) is 6.92 Å². The zero-order chi connectivity index (χ0) is 18.2. The van der Waals surface area contributed by atoms with Crippen LogP contribution in [0.4, 0.5) is 0 Å². The second-order valence-electron chi connectivity index (χ2n) is 6.50. The predicted molar refractivity (Wildman–Crippen MR) is 94.1 cm³/mol. The predicted octanol–water partition coefficient (Wildman–Crippen LogP) is 2.11. The van der Waals surface area contributed by atoms with E-state index in [1.807, 2.05) is 19.1 Å². The van der Waals surface area contributed by atoms with E-state index in [0.29, 0.717) is 5.56 Å². The van der Waals surface area contributed by atoms with Gasteiger partial charge < -0.3 is 15.4 Å². The topological polar surface area (TPSA) is 84.5 Å². The number of benzene rings is 1. The summed E-state index contributed by atoms with van der Waals surface area (Å²) in [6.07, 6.45) is 3.42. The van der Waals surface area contributed by atoms with Gasteiger partial charge in [0, 0.05) is 18.2 Å². The molecule has 2 N–H and O–H groups in total. The van der Waals surface area contributed by atoms with Crippen molar-refractivity contribution in [3.8, 4) is 0 Å². The lowest BCUT2D eigenvalue weighted by Gasteiger charge is -2.17. The molecule has 6 heteroatoms. The highest BCUT2D eigenvalue weighted by Gasteiger charge is 2.22. The van der Waals surface area contributed by atoms with Crippen molar-refractivity contribution in [1.29, 1.82) is 0 Å². The third kappa shape index (κ3) is 6.21. The quantitative estimate of drug-likeness (QED) is 0.741. The fourth-order valence-corrected chi connectivity index (χ4v) is 2.86. The first-order valence-electron chi connectivity index (χ1n) is 8.80. The maximum absolute atomic E-state index is 12.0. The normalized spacial score (nSPS) is 15.4. The molecule has 0 aliphatic heterocycles. The molecular formula is C19H26N2O4. The van der Waals surface area contributed by atoms with Crippen LogP contribution in [0.2, 0.25) is 0 Å². The van der Waals surface area contributed by atoms with Gasteiger partial charge in [-0.25, -0.2) is 0 Å². The van der Waals surface area contributed by atoms with Crippen LogP contribution in [0.5, 0.6) is 0 Å². The van der Waals surface area contributed by atoms with Crippen molar-refractivity contribution >= 4 is 17.8 Å². The van der Waals surface area contributed by atoms with E-state index >= 15 is 0 Å². The van der Waals surface area contributed by atoms with Gasteiger partial charge in [0.05, 0.1) is 6.42 Å². The molecule has 1 saturated carbocycles. The Hall–Kier alpha value is -2.37. The van der Waals surface area contributed by atoms with Gasteiger partial charge in [0.15, 0.2) is 6.10 Å². The van der Waals surface area contributed by atoms with Crippen molar-refractivity contribution in [2.24, 2.45) is 0 Å². The summed E-state index contributed by atoms with van der Waals surface area (Å²) in [7, 11) is 0. The average Bonchev–Trinajstić information content (AvgIpc) is 3.07. The molecule has 6 nitrogen and oxygen atoms in total. The smallest absolute Gasteiger partial charge is 0.308 e. The van der Waals surface area contributed by atoms with Crippen molar-refractivity contribution in [3.63, 3.8) is 0 Å². The number of hydrogen-bond acceptors (Lipinski definition) is 4. The molecule has 0 aromatic heterocycles. The Bertz CT molecular complexity index is 624. The number of carbonyl (C=O) groups excluding carboxylic acids is 3. The molecule has 0 radical (unpaired) electrons. The highest BCUT2D eigenvalue weighted by molar-refractivity contribution is 5.94. The summed E-state index contributed by atoms with van der Waals surface area (Å²) in [5.74, 6) is -0.994. The summed E-state index contributed by atoms with van der Waals surface area (Å²) in [4.78, 5) is 35.8. The number of carbonyl (C=O) groups is 3. The van der Waals surface area contributed by atoms with Crippen LogP contribution in [0.25, 0.3) is 0 Å². The third-order valence-electron chi connectivity index (χ3n) is 4.27. The van der Waals surface area contributed by atoms with E-state index < -0.39 is 12.1 Å². The molecular weight excluding hydrogens is 320 g/mol. The maximum atomic E-state index is 12.0. The molecule has 1 aliphatic carbocycles. The Balaban J connectivity index is 1.67. The Morgan fingerprint density at radius 2 is 1.96 bits per heavy atom. The third-order valence-corrected chi connectivity index (χ3v) is 4.27. The minimum Gasteiger partial charge on any atom is -0.452 e. The van der Waals surface area contributed by atoms with Gasteiger partial charge in [-0.15, -0.1) is 0 Å². The molecule has 1 aromatic rings. The summed E-state index contributed by atoms with van der Waals surface area (Å²) in [6, 6.07) is 7.41. The molecule has 1 fully saturated rings. The minimum atomic E-state index is -0.819. The maximum Gasteiger partial charge on any atom is 0.308 e. The van der Waals surface area contributed by atoms with Gasteiger partial charge >= 0.3 is 5.97 Å². The van der Waals surface area contributed by atoms with Crippen LogP contribution in [-0.4, -0.2) is 36.5 Å². The first-order chi connectivity index (χ1) is 12.0. The zero-order valence-corrected chi connectivity index (χ0v) is 14.8. The summed E-state index contributed by atoms with van der Waals surface area (Å²) < 4.78 is 5.13. The molecule has 1 atom stereocenters. The lowest BCUT2D eigenvalue weighted by molar-refractivity contribution is -0.154. The second kappa shape index (κ2) is 9.20. The fourth-order valence-electron chi connectivity index (χ4n) is 2.86. The molecule has 0 saturated heterocycles. The summed E-state index contributed by atoms with van der Waals surface area (Å²) >= 11 is 0. The van der Waals surface area contributed by atoms with Gasteiger partial charge in [0.1, 0.15) is 0 Å². The number of ether oxygens (including phenoxy) is 1. The Kier molecular flexibility index (Phi) is 6.98. The molecule has 0 unspecified atom stereocenters. The van der Waals surface area contributed by atoms with E-state index in [9.17, 15) is 14.4 Å². The molecule has 2 amide bonds. The van der Waals surface area contributed by atoms with Gasteiger partial charge in [-0.2, -0.15) is 0 Å². The molecule has 25 heavy (non-hydrogen) atoms. The van der Waals surface area contributed by atoms with Crippen molar-refractivity contribution in [1.82, 2.24) is 10.6 Å². The van der Waals surface area contributed by atoms with Crippen LogP contribution in [0.3, 0.4) is 0 Å².